The lowest BCUT2D eigenvalue weighted by molar-refractivity contribution is -0.435. The highest BCUT2D eigenvalue weighted by molar-refractivity contribution is 6.19. The van der Waals surface area contributed by atoms with E-state index in [1.807, 2.05) is 0 Å². The van der Waals surface area contributed by atoms with Crippen LogP contribution >= 0.6 is 0 Å². The van der Waals surface area contributed by atoms with E-state index in [0.717, 1.165) is 16.8 Å². The van der Waals surface area contributed by atoms with Gasteiger partial charge in [-0.1, -0.05) is 123 Å². The highest BCUT2D eigenvalue weighted by atomic mass is 16.4. The number of nitrogens with zero attached hydrogens (tertiary/aromatic N) is 2. The zero-order valence-corrected chi connectivity index (χ0v) is 28.8. The van der Waals surface area contributed by atoms with Gasteiger partial charge in [-0.25, -0.2) is 0 Å². The van der Waals surface area contributed by atoms with Crippen molar-refractivity contribution in [1.29, 1.82) is 0 Å². The Morgan fingerprint density at radius 2 is 1.14 bits per heavy atom. The molecule has 0 aromatic heterocycles. The number of carboxylic acids is 1. The topological polar surface area (TPSA) is 43.5 Å². The fourth-order valence-electron chi connectivity index (χ4n) is 8.81. The van der Waals surface area contributed by atoms with Gasteiger partial charge in [-0.05, 0) is 63.9 Å². The maximum Gasteiger partial charge on any atom is 0.309 e. The maximum absolute atomic E-state index is 11.9. The van der Waals surface area contributed by atoms with E-state index in [0.29, 0.717) is 6.54 Å². The molecule has 4 heteroatoms. The average molecular weight is 642 g/mol. The molecule has 2 aliphatic heterocycles. The van der Waals surface area contributed by atoms with E-state index in [4.69, 9.17) is 0 Å². The summed E-state index contributed by atoms with van der Waals surface area (Å²) >= 11 is 0. The summed E-state index contributed by atoms with van der Waals surface area (Å²) in [4.78, 5) is 14.2. The Morgan fingerprint density at radius 1 is 0.653 bits per heavy atom. The summed E-state index contributed by atoms with van der Waals surface area (Å²) in [6, 6.07) is 34.6. The van der Waals surface area contributed by atoms with Crippen LogP contribution in [0.1, 0.15) is 45.2 Å². The lowest BCUT2D eigenvalue weighted by Gasteiger charge is -2.24. The zero-order chi connectivity index (χ0) is 34.1. The predicted octanol–water partition coefficient (Wildman–Crippen LogP) is 10.6. The summed E-state index contributed by atoms with van der Waals surface area (Å²) in [6.45, 7) is 9.59. The van der Waals surface area contributed by atoms with Crippen LogP contribution in [-0.2, 0) is 15.6 Å². The molecule has 4 nitrogen and oxygen atoms in total. The van der Waals surface area contributed by atoms with Crippen molar-refractivity contribution in [1.82, 2.24) is 0 Å². The largest absolute Gasteiger partial charge is 0.481 e. The Morgan fingerprint density at radius 3 is 1.73 bits per heavy atom. The number of carboxylic acid groups (broad SMARTS) is 1. The van der Waals surface area contributed by atoms with E-state index in [2.05, 4.69) is 172 Å². The number of aliphatic carboxylic acids is 1. The van der Waals surface area contributed by atoms with Gasteiger partial charge in [0.1, 0.15) is 6.42 Å². The molecule has 6 aromatic rings. The van der Waals surface area contributed by atoms with Crippen molar-refractivity contribution in [2.45, 2.75) is 44.9 Å². The third-order valence-electron chi connectivity index (χ3n) is 10.9. The van der Waals surface area contributed by atoms with Gasteiger partial charge >= 0.3 is 5.97 Å². The van der Waals surface area contributed by atoms with E-state index < -0.39 is 5.97 Å². The van der Waals surface area contributed by atoms with Gasteiger partial charge in [0, 0.05) is 35.2 Å². The Hall–Kier alpha value is -5.48. The standard InChI is InChI=1S/C45H40N2O2/c1-44(2)37(46(5)42-35-23-15-11-19-31(35)29-17-9-13-21-33(29)40(42)44)25-7-6-8-26-38-45(3,4)41-34-22-14-10-18-30(34)32-20-12-16-24-36(32)43(41)47(38)28-27-39(48)49/h6-26H,27-28H2,1-5H3/p+1. The Kier molecular flexibility index (Phi) is 7.11. The van der Waals surface area contributed by atoms with Gasteiger partial charge in [0.05, 0.1) is 16.5 Å². The van der Waals surface area contributed by atoms with Crippen molar-refractivity contribution in [3.8, 4) is 0 Å². The minimum atomic E-state index is -0.795. The molecule has 0 fully saturated rings. The molecular weight excluding hydrogens is 601 g/mol. The van der Waals surface area contributed by atoms with Crippen LogP contribution in [0, 0.1) is 0 Å². The molecule has 2 heterocycles. The summed E-state index contributed by atoms with van der Waals surface area (Å²) < 4.78 is 2.25. The highest BCUT2D eigenvalue weighted by Gasteiger charge is 2.47. The fraction of sp³-hybridized carbons (Fsp3) is 0.200. The van der Waals surface area contributed by atoms with Gasteiger partial charge in [0.25, 0.3) is 0 Å². The number of fused-ring (bicyclic) bond motifs is 12. The minimum absolute atomic E-state index is 0.0568. The van der Waals surface area contributed by atoms with Crippen LogP contribution in [0.5, 0.6) is 0 Å². The van der Waals surface area contributed by atoms with Gasteiger partial charge < -0.3 is 10.0 Å². The molecule has 0 unspecified atom stereocenters. The summed E-state index contributed by atoms with van der Waals surface area (Å²) in [5, 5.41) is 19.7. The molecule has 0 saturated carbocycles. The maximum atomic E-state index is 11.9. The molecule has 49 heavy (non-hydrogen) atoms. The number of likely N-dealkylation sites (N-methyl/N-ethyl adjacent to an activating group) is 1. The van der Waals surface area contributed by atoms with Crippen LogP contribution in [0.2, 0.25) is 0 Å². The molecule has 2 aliphatic rings. The third kappa shape index (κ3) is 4.58. The molecule has 0 spiro atoms. The first-order chi connectivity index (χ1) is 23.6. The smallest absolute Gasteiger partial charge is 0.309 e. The Bertz CT molecular complexity index is 2490. The van der Waals surface area contributed by atoms with E-state index in [9.17, 15) is 9.90 Å². The number of anilines is 1. The summed E-state index contributed by atoms with van der Waals surface area (Å²) in [7, 11) is 2.19. The Labute approximate surface area is 287 Å². The highest BCUT2D eigenvalue weighted by Crippen LogP contribution is 2.54. The summed E-state index contributed by atoms with van der Waals surface area (Å²) in [6.07, 6.45) is 10.8. The Balaban J connectivity index is 1.21. The molecule has 0 radical (unpaired) electrons. The number of hydrogen-bond acceptors (Lipinski definition) is 2. The second kappa shape index (κ2) is 11.3. The monoisotopic (exact) mass is 641 g/mol. The van der Waals surface area contributed by atoms with Crippen LogP contribution in [0.3, 0.4) is 0 Å². The van der Waals surface area contributed by atoms with Gasteiger partial charge in [-0.15, -0.1) is 0 Å². The van der Waals surface area contributed by atoms with Crippen LogP contribution in [0.15, 0.2) is 133 Å². The van der Waals surface area contributed by atoms with Gasteiger partial charge in [-0.3, -0.25) is 4.79 Å². The van der Waals surface area contributed by atoms with Gasteiger partial charge in [0.15, 0.2) is 12.3 Å². The second-order valence-electron chi connectivity index (χ2n) is 14.4. The fourth-order valence-corrected chi connectivity index (χ4v) is 8.81. The molecule has 0 aliphatic carbocycles. The lowest BCUT2D eigenvalue weighted by Crippen LogP contribution is -2.28. The predicted molar refractivity (Wildman–Crippen MR) is 206 cm³/mol. The van der Waals surface area contributed by atoms with Crippen molar-refractivity contribution >= 4 is 66.1 Å². The molecule has 6 aromatic carbocycles. The summed E-state index contributed by atoms with van der Waals surface area (Å²) in [5.41, 5.74) is 6.85. The first-order valence-electron chi connectivity index (χ1n) is 17.2. The first kappa shape index (κ1) is 30.8. The first-order valence-corrected chi connectivity index (χ1v) is 17.2. The molecular formula is C45H41N2O2+. The third-order valence-corrected chi connectivity index (χ3v) is 10.9. The number of carbonyl (C=O) groups is 1. The quantitative estimate of drug-likeness (QED) is 0.112. The lowest BCUT2D eigenvalue weighted by atomic mass is 9.78. The van der Waals surface area contributed by atoms with Crippen molar-refractivity contribution in [3.05, 3.63) is 144 Å². The van der Waals surface area contributed by atoms with Gasteiger partial charge in [-0.2, -0.15) is 4.58 Å². The number of benzene rings is 6. The summed E-state index contributed by atoms with van der Waals surface area (Å²) in [5.74, 6) is -0.795. The molecule has 0 amide bonds. The molecule has 0 atom stereocenters. The molecule has 0 bridgehead atoms. The van der Waals surface area contributed by atoms with Crippen molar-refractivity contribution in [2.24, 2.45) is 0 Å². The van der Waals surface area contributed by atoms with Crippen molar-refractivity contribution in [2.75, 3.05) is 18.5 Å². The number of hydrogen-bond donors (Lipinski definition) is 1. The van der Waals surface area contributed by atoms with Crippen LogP contribution < -0.4 is 4.90 Å². The molecule has 242 valence electrons. The van der Waals surface area contributed by atoms with Crippen LogP contribution in [0.25, 0.3) is 43.1 Å². The SMILES string of the molecule is CN1C(=CC=CC=CC2=[N+](CCC(=O)O)c3c(c4ccccc4c4ccccc34)C2(C)C)C(C)(C)c2c1c1ccccc1c1ccccc21. The van der Waals surface area contributed by atoms with Crippen molar-refractivity contribution in [3.63, 3.8) is 0 Å². The average Bonchev–Trinajstić information content (AvgIpc) is 3.45. The normalized spacial score (nSPS) is 17.5. The van der Waals surface area contributed by atoms with Crippen molar-refractivity contribution < 1.29 is 14.5 Å². The van der Waals surface area contributed by atoms with E-state index in [1.54, 1.807) is 0 Å². The minimum Gasteiger partial charge on any atom is -0.481 e. The molecule has 0 saturated heterocycles. The van der Waals surface area contributed by atoms with Crippen LogP contribution in [0.4, 0.5) is 11.4 Å². The molecule has 1 N–H and O–H groups in total. The van der Waals surface area contributed by atoms with Crippen LogP contribution in [-0.4, -0.2) is 35.0 Å². The number of rotatable bonds is 6. The second-order valence-corrected chi connectivity index (χ2v) is 14.4. The van der Waals surface area contributed by atoms with Gasteiger partial charge in [0.2, 0.25) is 5.69 Å². The number of allylic oxidation sites excluding steroid dienone is 6. The van der Waals surface area contributed by atoms with E-state index in [-0.39, 0.29) is 17.3 Å². The zero-order valence-electron chi connectivity index (χ0n) is 28.8. The van der Waals surface area contributed by atoms with E-state index >= 15 is 0 Å². The molecule has 8 rings (SSSR count). The van der Waals surface area contributed by atoms with E-state index in [1.165, 1.54) is 60.2 Å².